The molecule has 0 aliphatic carbocycles. The molecule has 0 fully saturated rings. The Labute approximate surface area is 96.1 Å². The molecule has 0 saturated carbocycles. The Hall–Kier alpha value is -0.450. The van der Waals surface area contributed by atoms with Crippen LogP contribution in [0.2, 0.25) is 5.02 Å². The van der Waals surface area contributed by atoms with E-state index in [9.17, 15) is 8.60 Å². The molecule has 0 radical (unpaired) electrons. The van der Waals surface area contributed by atoms with E-state index in [2.05, 4.69) is 0 Å². The van der Waals surface area contributed by atoms with Gasteiger partial charge in [-0.15, -0.1) is 0 Å². The first kappa shape index (κ1) is 12.6. The molecule has 2 atom stereocenters. The molecule has 0 saturated heterocycles. The molecule has 0 amide bonds. The molecule has 1 rings (SSSR count). The van der Waals surface area contributed by atoms with E-state index in [0.717, 1.165) is 0 Å². The van der Waals surface area contributed by atoms with E-state index in [1.165, 1.54) is 6.07 Å². The van der Waals surface area contributed by atoms with Gasteiger partial charge in [-0.1, -0.05) is 23.7 Å². The van der Waals surface area contributed by atoms with Crippen LogP contribution in [0.3, 0.4) is 0 Å². The Balaban J connectivity index is 2.81. The topological polar surface area (TPSA) is 43.1 Å². The summed E-state index contributed by atoms with van der Waals surface area (Å²) in [6.45, 7) is 2.10. The molecule has 1 aromatic carbocycles. The van der Waals surface area contributed by atoms with Gasteiger partial charge in [0.2, 0.25) is 0 Å². The highest BCUT2D eigenvalue weighted by atomic mass is 35.5. The molecule has 1 aromatic rings. The summed E-state index contributed by atoms with van der Waals surface area (Å²) >= 11 is 5.61. The average Bonchev–Trinajstić information content (AvgIpc) is 2.23. The molecule has 2 nitrogen and oxygen atoms in total. The van der Waals surface area contributed by atoms with Crippen molar-refractivity contribution in [2.24, 2.45) is 5.73 Å². The minimum Gasteiger partial charge on any atom is -0.329 e. The lowest BCUT2D eigenvalue weighted by molar-refractivity contribution is 0.615. The maximum absolute atomic E-state index is 13.4. The highest BCUT2D eigenvalue weighted by Gasteiger charge is 2.13. The standard InChI is InChI=1S/C10H13ClFNOS/c1-7(5-13)15(14)6-8-3-2-4-9(11)10(8)12/h2-4,7H,5-6,13H2,1H3. The van der Waals surface area contributed by atoms with Gasteiger partial charge in [0.15, 0.2) is 0 Å². The van der Waals surface area contributed by atoms with Crippen LogP contribution in [0, 0.1) is 5.82 Å². The van der Waals surface area contributed by atoms with Crippen LogP contribution in [0.4, 0.5) is 4.39 Å². The van der Waals surface area contributed by atoms with Gasteiger partial charge in [0, 0.05) is 28.2 Å². The zero-order valence-electron chi connectivity index (χ0n) is 8.37. The largest absolute Gasteiger partial charge is 0.329 e. The molecular formula is C10H13ClFNOS. The maximum atomic E-state index is 13.4. The molecule has 5 heteroatoms. The molecule has 0 spiro atoms. The summed E-state index contributed by atoms with van der Waals surface area (Å²) < 4.78 is 25.1. The van der Waals surface area contributed by atoms with Crippen molar-refractivity contribution in [1.82, 2.24) is 0 Å². The second-order valence-electron chi connectivity index (χ2n) is 3.28. The van der Waals surface area contributed by atoms with Crippen molar-refractivity contribution in [1.29, 1.82) is 0 Å². The van der Waals surface area contributed by atoms with E-state index < -0.39 is 16.6 Å². The fraction of sp³-hybridized carbons (Fsp3) is 0.400. The molecule has 0 aromatic heterocycles. The first-order valence-electron chi connectivity index (χ1n) is 4.56. The third kappa shape index (κ3) is 3.26. The zero-order valence-corrected chi connectivity index (χ0v) is 9.95. The molecule has 0 aliphatic heterocycles. The lowest BCUT2D eigenvalue weighted by atomic mass is 10.2. The minimum atomic E-state index is -1.16. The van der Waals surface area contributed by atoms with Crippen molar-refractivity contribution in [2.75, 3.05) is 6.54 Å². The molecule has 84 valence electrons. The zero-order chi connectivity index (χ0) is 11.4. The van der Waals surface area contributed by atoms with Crippen LogP contribution in [0.5, 0.6) is 0 Å². The number of halogens is 2. The fourth-order valence-electron chi connectivity index (χ4n) is 1.06. The minimum absolute atomic E-state index is 0.0601. The van der Waals surface area contributed by atoms with E-state index in [4.69, 9.17) is 17.3 Å². The Morgan fingerprint density at radius 3 is 2.87 bits per heavy atom. The molecule has 0 aliphatic rings. The summed E-state index contributed by atoms with van der Waals surface area (Å²) in [4.78, 5) is 0. The van der Waals surface area contributed by atoms with Crippen molar-refractivity contribution >= 4 is 22.4 Å². The lowest BCUT2D eigenvalue weighted by Crippen LogP contribution is -2.23. The summed E-state index contributed by atoms with van der Waals surface area (Å²) in [5.74, 6) is -0.332. The predicted octanol–water partition coefficient (Wildman–Crippen LogP) is 2.08. The van der Waals surface area contributed by atoms with Gasteiger partial charge in [-0.25, -0.2) is 4.39 Å². The smallest absolute Gasteiger partial charge is 0.145 e. The molecule has 2 N–H and O–H groups in total. The Morgan fingerprint density at radius 1 is 1.60 bits per heavy atom. The van der Waals surface area contributed by atoms with Crippen LogP contribution in [-0.4, -0.2) is 16.0 Å². The van der Waals surface area contributed by atoms with Gasteiger partial charge < -0.3 is 5.73 Å². The van der Waals surface area contributed by atoms with Crippen LogP contribution in [0.1, 0.15) is 12.5 Å². The van der Waals surface area contributed by atoms with Crippen molar-refractivity contribution < 1.29 is 8.60 Å². The highest BCUT2D eigenvalue weighted by molar-refractivity contribution is 7.84. The number of benzene rings is 1. The number of hydrogen-bond acceptors (Lipinski definition) is 2. The summed E-state index contributed by atoms with van der Waals surface area (Å²) in [7, 11) is -1.16. The molecular weight excluding hydrogens is 237 g/mol. The molecule has 0 bridgehead atoms. The maximum Gasteiger partial charge on any atom is 0.145 e. The average molecular weight is 250 g/mol. The van der Waals surface area contributed by atoms with E-state index in [1.807, 2.05) is 0 Å². The summed E-state index contributed by atoms with van der Waals surface area (Å²) in [6.07, 6.45) is 0. The van der Waals surface area contributed by atoms with Crippen molar-refractivity contribution in [2.45, 2.75) is 17.9 Å². The van der Waals surface area contributed by atoms with Crippen LogP contribution in [0.15, 0.2) is 18.2 Å². The third-order valence-corrected chi connectivity index (χ3v) is 4.09. The van der Waals surface area contributed by atoms with Crippen LogP contribution < -0.4 is 5.73 Å². The third-order valence-electron chi connectivity index (χ3n) is 2.11. The fourth-order valence-corrected chi connectivity index (χ4v) is 2.29. The highest BCUT2D eigenvalue weighted by Crippen LogP contribution is 2.19. The lowest BCUT2D eigenvalue weighted by Gasteiger charge is -2.09. The van der Waals surface area contributed by atoms with Gasteiger partial charge in [0.05, 0.1) is 10.8 Å². The summed E-state index contributed by atoms with van der Waals surface area (Å²) in [6, 6.07) is 4.70. The van der Waals surface area contributed by atoms with Gasteiger partial charge in [-0.05, 0) is 13.0 Å². The molecule has 2 unspecified atom stereocenters. The monoisotopic (exact) mass is 249 g/mol. The van der Waals surface area contributed by atoms with Gasteiger partial charge in [-0.3, -0.25) is 4.21 Å². The van der Waals surface area contributed by atoms with E-state index in [1.54, 1.807) is 19.1 Å². The van der Waals surface area contributed by atoms with Crippen LogP contribution in [0.25, 0.3) is 0 Å². The Morgan fingerprint density at radius 2 is 2.27 bits per heavy atom. The predicted molar refractivity (Wildman–Crippen MR) is 61.8 cm³/mol. The quantitative estimate of drug-likeness (QED) is 0.888. The summed E-state index contributed by atoms with van der Waals surface area (Å²) in [5.41, 5.74) is 5.76. The number of rotatable bonds is 4. The van der Waals surface area contributed by atoms with E-state index in [0.29, 0.717) is 12.1 Å². The second kappa shape index (κ2) is 5.58. The Kier molecular flexibility index (Phi) is 4.70. The first-order valence-corrected chi connectivity index (χ1v) is 6.32. The van der Waals surface area contributed by atoms with Crippen LogP contribution in [-0.2, 0) is 16.6 Å². The van der Waals surface area contributed by atoms with E-state index >= 15 is 0 Å². The van der Waals surface area contributed by atoms with Crippen LogP contribution >= 0.6 is 11.6 Å². The first-order chi connectivity index (χ1) is 7.06. The van der Waals surface area contributed by atoms with E-state index in [-0.39, 0.29) is 16.0 Å². The van der Waals surface area contributed by atoms with Gasteiger partial charge in [0.25, 0.3) is 0 Å². The molecule has 15 heavy (non-hydrogen) atoms. The normalized spacial score (nSPS) is 14.9. The van der Waals surface area contributed by atoms with Gasteiger partial charge in [0.1, 0.15) is 5.82 Å². The van der Waals surface area contributed by atoms with Gasteiger partial charge >= 0.3 is 0 Å². The molecule has 0 heterocycles. The SMILES string of the molecule is CC(CN)S(=O)Cc1cccc(Cl)c1F. The van der Waals surface area contributed by atoms with Crippen molar-refractivity contribution in [3.63, 3.8) is 0 Å². The second-order valence-corrected chi connectivity index (χ2v) is 5.55. The summed E-state index contributed by atoms with van der Waals surface area (Å²) in [5, 5.41) is -0.0757. The van der Waals surface area contributed by atoms with Gasteiger partial charge in [-0.2, -0.15) is 0 Å². The Bertz CT molecular complexity index is 372. The van der Waals surface area contributed by atoms with Crippen molar-refractivity contribution in [3.8, 4) is 0 Å². The number of nitrogens with two attached hydrogens (primary N) is 1. The number of hydrogen-bond donors (Lipinski definition) is 1. The van der Waals surface area contributed by atoms with Crippen molar-refractivity contribution in [3.05, 3.63) is 34.6 Å².